The fraction of sp³-hybridized carbons (Fsp3) is 0.222. The second-order valence-corrected chi connectivity index (χ2v) is 6.84. The molecule has 3 rings (SSSR count). The molecule has 0 saturated carbocycles. The van der Waals surface area contributed by atoms with E-state index < -0.39 is 12.0 Å². The van der Waals surface area contributed by atoms with Gasteiger partial charge < -0.3 is 10.0 Å². The normalized spacial score (nSPS) is 20.4. The number of hydrogen-bond acceptors (Lipinski definition) is 3. The van der Waals surface area contributed by atoms with Crippen LogP contribution in [0, 0.1) is 0 Å². The van der Waals surface area contributed by atoms with Gasteiger partial charge in [-0.3, -0.25) is 4.79 Å². The van der Waals surface area contributed by atoms with Crippen molar-refractivity contribution in [1.29, 1.82) is 0 Å². The molecule has 5 heteroatoms. The summed E-state index contributed by atoms with van der Waals surface area (Å²) in [5, 5.41) is 9.55. The number of aliphatic carboxylic acids is 1. The van der Waals surface area contributed by atoms with E-state index in [9.17, 15) is 14.7 Å². The van der Waals surface area contributed by atoms with Gasteiger partial charge in [-0.05, 0) is 30.7 Å². The van der Waals surface area contributed by atoms with Gasteiger partial charge in [-0.15, -0.1) is 11.8 Å². The van der Waals surface area contributed by atoms with Crippen molar-refractivity contribution in [3.8, 4) is 0 Å². The average Bonchev–Trinajstić information content (AvgIpc) is 3.00. The number of thioether (sulfide) groups is 1. The molecule has 2 aromatic rings. The van der Waals surface area contributed by atoms with Gasteiger partial charge in [0.1, 0.15) is 6.04 Å². The first-order valence-corrected chi connectivity index (χ1v) is 8.33. The van der Waals surface area contributed by atoms with E-state index in [0.29, 0.717) is 18.5 Å². The van der Waals surface area contributed by atoms with Gasteiger partial charge in [-0.1, -0.05) is 36.4 Å². The van der Waals surface area contributed by atoms with Crippen molar-refractivity contribution in [3.05, 3.63) is 66.2 Å². The Bertz CT molecular complexity index is 690. The molecule has 2 aromatic carbocycles. The second-order valence-electron chi connectivity index (χ2n) is 5.47. The number of benzene rings is 2. The van der Waals surface area contributed by atoms with Crippen molar-refractivity contribution in [3.63, 3.8) is 0 Å². The smallest absolute Gasteiger partial charge is 0.326 e. The van der Waals surface area contributed by atoms with Crippen LogP contribution in [0.15, 0.2) is 65.6 Å². The standard InChI is InChI=1S/C18H17NO3S/c20-17(13-7-3-1-4-8-13)19-12-15(11-16(19)18(21)22)23-14-9-5-2-6-10-14/h1-10,15-16H,11-12H2,(H,21,22)/t15-,16-/m0/s1. The largest absolute Gasteiger partial charge is 0.480 e. The number of carboxylic acids is 1. The summed E-state index contributed by atoms with van der Waals surface area (Å²) in [7, 11) is 0. The number of hydrogen-bond donors (Lipinski definition) is 1. The molecule has 1 saturated heterocycles. The van der Waals surface area contributed by atoms with Gasteiger partial charge in [0.05, 0.1) is 0 Å². The Hall–Kier alpha value is -2.27. The SMILES string of the molecule is O=C(O)[C@@H]1C[C@H](Sc2ccccc2)CN1C(=O)c1ccccc1. The summed E-state index contributed by atoms with van der Waals surface area (Å²) in [5.41, 5.74) is 0.532. The van der Waals surface area contributed by atoms with Crippen LogP contribution in [-0.4, -0.2) is 39.7 Å². The van der Waals surface area contributed by atoms with Crippen LogP contribution in [0.4, 0.5) is 0 Å². The minimum atomic E-state index is -0.939. The maximum atomic E-state index is 12.6. The van der Waals surface area contributed by atoms with Crippen molar-refractivity contribution in [2.24, 2.45) is 0 Å². The Balaban J connectivity index is 1.76. The van der Waals surface area contributed by atoms with E-state index in [4.69, 9.17) is 0 Å². The third-order valence-electron chi connectivity index (χ3n) is 3.88. The number of carbonyl (C=O) groups is 2. The van der Waals surface area contributed by atoms with Gasteiger partial charge in [-0.2, -0.15) is 0 Å². The summed E-state index contributed by atoms with van der Waals surface area (Å²) in [6.07, 6.45) is 0.466. The number of carbonyl (C=O) groups excluding carboxylic acids is 1. The van der Waals surface area contributed by atoms with Gasteiger partial charge in [0.2, 0.25) is 0 Å². The topological polar surface area (TPSA) is 57.6 Å². The highest BCUT2D eigenvalue weighted by atomic mass is 32.2. The summed E-state index contributed by atoms with van der Waals surface area (Å²) in [4.78, 5) is 26.7. The number of nitrogens with zero attached hydrogens (tertiary/aromatic N) is 1. The summed E-state index contributed by atoms with van der Waals surface area (Å²) in [5.74, 6) is -1.15. The molecule has 0 aliphatic carbocycles. The van der Waals surface area contributed by atoms with Crippen molar-refractivity contribution >= 4 is 23.6 Å². The predicted molar refractivity (Wildman–Crippen MR) is 89.6 cm³/mol. The van der Waals surface area contributed by atoms with E-state index in [-0.39, 0.29) is 11.2 Å². The number of carboxylic acid groups (broad SMARTS) is 1. The Morgan fingerprint density at radius 3 is 2.22 bits per heavy atom. The lowest BCUT2D eigenvalue weighted by Gasteiger charge is -2.21. The number of rotatable bonds is 4. The van der Waals surface area contributed by atoms with Crippen LogP contribution in [0.25, 0.3) is 0 Å². The minimum absolute atomic E-state index is 0.0890. The first-order chi connectivity index (χ1) is 11.1. The first-order valence-electron chi connectivity index (χ1n) is 7.45. The molecule has 118 valence electrons. The maximum absolute atomic E-state index is 12.6. The zero-order valence-electron chi connectivity index (χ0n) is 12.5. The van der Waals surface area contributed by atoms with E-state index >= 15 is 0 Å². The molecule has 0 spiro atoms. The van der Waals surface area contributed by atoms with E-state index in [2.05, 4.69) is 0 Å². The van der Waals surface area contributed by atoms with Crippen LogP contribution in [0.5, 0.6) is 0 Å². The Morgan fingerprint density at radius 2 is 1.61 bits per heavy atom. The lowest BCUT2D eigenvalue weighted by Crippen LogP contribution is -2.40. The van der Waals surface area contributed by atoms with Crippen LogP contribution >= 0.6 is 11.8 Å². The molecular formula is C18H17NO3S. The molecular weight excluding hydrogens is 310 g/mol. The van der Waals surface area contributed by atoms with Crippen molar-refractivity contribution in [2.45, 2.75) is 22.6 Å². The van der Waals surface area contributed by atoms with Crippen molar-refractivity contribution in [2.75, 3.05) is 6.54 Å². The summed E-state index contributed by atoms with van der Waals surface area (Å²) in [6.45, 7) is 0.449. The lowest BCUT2D eigenvalue weighted by atomic mass is 10.1. The van der Waals surface area contributed by atoms with Crippen molar-refractivity contribution in [1.82, 2.24) is 4.90 Å². The molecule has 4 nitrogen and oxygen atoms in total. The first kappa shape index (κ1) is 15.6. The second kappa shape index (κ2) is 6.87. The fourth-order valence-electron chi connectivity index (χ4n) is 2.78. The fourth-order valence-corrected chi connectivity index (χ4v) is 3.99. The molecule has 1 fully saturated rings. The highest BCUT2D eigenvalue weighted by molar-refractivity contribution is 8.00. The monoisotopic (exact) mass is 327 g/mol. The van der Waals surface area contributed by atoms with E-state index in [1.807, 2.05) is 36.4 Å². The molecule has 0 radical (unpaired) electrons. The van der Waals surface area contributed by atoms with Crippen LogP contribution in [0.2, 0.25) is 0 Å². The molecule has 0 unspecified atom stereocenters. The van der Waals surface area contributed by atoms with Gasteiger partial charge in [-0.25, -0.2) is 4.79 Å². The highest BCUT2D eigenvalue weighted by Crippen LogP contribution is 2.33. The molecule has 1 aliphatic heterocycles. The molecule has 1 amide bonds. The molecule has 1 aliphatic rings. The van der Waals surface area contributed by atoms with Crippen molar-refractivity contribution < 1.29 is 14.7 Å². The Morgan fingerprint density at radius 1 is 1.00 bits per heavy atom. The highest BCUT2D eigenvalue weighted by Gasteiger charge is 2.40. The van der Waals surface area contributed by atoms with Crippen LogP contribution in [-0.2, 0) is 4.79 Å². The molecule has 23 heavy (non-hydrogen) atoms. The molecule has 1 N–H and O–H groups in total. The average molecular weight is 327 g/mol. The predicted octanol–water partition coefficient (Wildman–Crippen LogP) is 3.15. The third-order valence-corrected chi connectivity index (χ3v) is 5.09. The van der Waals surface area contributed by atoms with Gasteiger partial charge >= 0.3 is 5.97 Å². The van der Waals surface area contributed by atoms with Gasteiger partial charge in [0.15, 0.2) is 0 Å². The molecule has 0 aromatic heterocycles. The lowest BCUT2D eigenvalue weighted by molar-refractivity contribution is -0.141. The minimum Gasteiger partial charge on any atom is -0.480 e. The molecule has 1 heterocycles. The quantitative estimate of drug-likeness (QED) is 0.937. The zero-order chi connectivity index (χ0) is 16.2. The van der Waals surface area contributed by atoms with Crippen LogP contribution < -0.4 is 0 Å². The van der Waals surface area contributed by atoms with E-state index in [1.165, 1.54) is 4.90 Å². The van der Waals surface area contributed by atoms with Crippen LogP contribution in [0.3, 0.4) is 0 Å². The summed E-state index contributed by atoms with van der Waals surface area (Å²) >= 11 is 1.63. The molecule has 0 bridgehead atoms. The Labute approximate surface area is 139 Å². The van der Waals surface area contributed by atoms with Crippen LogP contribution in [0.1, 0.15) is 16.8 Å². The van der Waals surface area contributed by atoms with Gasteiger partial charge in [0.25, 0.3) is 5.91 Å². The summed E-state index contributed by atoms with van der Waals surface area (Å²) in [6, 6.07) is 18.0. The van der Waals surface area contributed by atoms with E-state index in [0.717, 1.165) is 4.90 Å². The van der Waals surface area contributed by atoms with Gasteiger partial charge in [0, 0.05) is 22.3 Å². The number of likely N-dealkylation sites (tertiary alicyclic amines) is 1. The molecule has 2 atom stereocenters. The maximum Gasteiger partial charge on any atom is 0.326 e. The Kier molecular flexibility index (Phi) is 4.67. The van der Waals surface area contributed by atoms with E-state index in [1.54, 1.807) is 36.0 Å². The summed E-state index contributed by atoms with van der Waals surface area (Å²) < 4.78 is 0. The zero-order valence-corrected chi connectivity index (χ0v) is 13.3. The third kappa shape index (κ3) is 3.56. The number of amides is 1.